The first-order valence-corrected chi connectivity index (χ1v) is 15.1. The summed E-state index contributed by atoms with van der Waals surface area (Å²) in [6, 6.07) is 0. The van der Waals surface area contributed by atoms with Crippen LogP contribution in [0.5, 0.6) is 0 Å². The Morgan fingerprint density at radius 2 is 1.29 bits per heavy atom. The van der Waals surface area contributed by atoms with E-state index < -0.39 is 25.3 Å². The molecule has 2 unspecified atom stereocenters. The van der Waals surface area contributed by atoms with Gasteiger partial charge in [0, 0.05) is 0 Å². The standard InChI is InChI=1S/C26H54NO6P/c1-6-8-9-10-11-12-13-14-15-16-17-18-19-20-21-26(23-27(3,4)5,33-34(30,31)32)22-24(7-2)25(28)29/h24H,6-23H2,1-5H3,(H2-,28,29,30,31,32)/t24?,26-/m0/s1. The molecule has 0 aromatic rings. The van der Waals surface area contributed by atoms with E-state index in [1.54, 1.807) is 6.92 Å². The van der Waals surface area contributed by atoms with Crippen LogP contribution < -0.4 is 4.89 Å². The van der Waals surface area contributed by atoms with E-state index in [1.807, 2.05) is 21.1 Å². The Bertz CT molecular complexity index is 574. The highest BCUT2D eigenvalue weighted by molar-refractivity contribution is 7.44. The van der Waals surface area contributed by atoms with E-state index in [-0.39, 0.29) is 6.42 Å². The van der Waals surface area contributed by atoms with Gasteiger partial charge in [-0.2, -0.15) is 0 Å². The molecule has 2 N–H and O–H groups in total. The summed E-state index contributed by atoms with van der Waals surface area (Å²) in [5, 5.41) is 9.56. The Hall–Kier alpha value is -0.460. The summed E-state index contributed by atoms with van der Waals surface area (Å²) in [4.78, 5) is 32.9. The van der Waals surface area contributed by atoms with Gasteiger partial charge in [0.1, 0.15) is 12.1 Å². The monoisotopic (exact) mass is 507 g/mol. The number of phosphoric ester groups is 1. The zero-order valence-corrected chi connectivity index (χ0v) is 23.6. The fraction of sp³-hybridized carbons (Fsp3) is 0.962. The average molecular weight is 508 g/mol. The Balaban J connectivity index is 4.54. The minimum Gasteiger partial charge on any atom is -0.756 e. The van der Waals surface area contributed by atoms with Crippen LogP contribution in [-0.2, 0) is 13.9 Å². The molecule has 0 aliphatic rings. The molecule has 8 heteroatoms. The van der Waals surface area contributed by atoms with Gasteiger partial charge >= 0.3 is 5.97 Å². The minimum absolute atomic E-state index is 0.0690. The summed E-state index contributed by atoms with van der Waals surface area (Å²) in [6.07, 6.45) is 18.0. The van der Waals surface area contributed by atoms with Crippen molar-refractivity contribution < 1.29 is 33.3 Å². The van der Waals surface area contributed by atoms with Gasteiger partial charge in [0.05, 0.1) is 27.1 Å². The van der Waals surface area contributed by atoms with E-state index in [0.29, 0.717) is 23.9 Å². The Morgan fingerprint density at radius 1 is 0.882 bits per heavy atom. The fourth-order valence-corrected chi connectivity index (χ4v) is 5.68. The van der Waals surface area contributed by atoms with Gasteiger partial charge in [-0.05, 0) is 19.3 Å². The molecule has 0 aromatic heterocycles. The molecule has 204 valence electrons. The number of rotatable bonds is 23. The second-order valence-corrected chi connectivity index (χ2v) is 12.3. The molecule has 0 heterocycles. The lowest BCUT2D eigenvalue weighted by Gasteiger charge is -2.42. The van der Waals surface area contributed by atoms with Crippen molar-refractivity contribution in [3.63, 3.8) is 0 Å². The zero-order valence-electron chi connectivity index (χ0n) is 22.7. The van der Waals surface area contributed by atoms with Crippen LogP contribution in [0.2, 0.25) is 0 Å². The topological polar surface area (TPSA) is 107 Å². The van der Waals surface area contributed by atoms with E-state index in [1.165, 1.54) is 64.2 Å². The molecule has 0 bridgehead atoms. The maximum atomic E-state index is 11.7. The van der Waals surface area contributed by atoms with Crippen LogP contribution >= 0.6 is 7.82 Å². The predicted octanol–water partition coefficient (Wildman–Crippen LogP) is 6.28. The molecular weight excluding hydrogens is 453 g/mol. The first-order valence-electron chi connectivity index (χ1n) is 13.6. The van der Waals surface area contributed by atoms with Gasteiger partial charge in [0.2, 0.25) is 0 Å². The Kier molecular flexibility index (Phi) is 17.6. The number of carboxylic acid groups (broad SMARTS) is 1. The number of carbonyl (C=O) groups is 1. The molecule has 0 radical (unpaired) electrons. The van der Waals surface area contributed by atoms with Crippen LogP contribution in [0.4, 0.5) is 0 Å². The van der Waals surface area contributed by atoms with Crippen molar-refractivity contribution in [2.45, 2.75) is 129 Å². The van der Waals surface area contributed by atoms with Crippen molar-refractivity contribution in [3.05, 3.63) is 0 Å². The van der Waals surface area contributed by atoms with Crippen LogP contribution in [0.3, 0.4) is 0 Å². The highest BCUT2D eigenvalue weighted by atomic mass is 31.2. The molecule has 0 aliphatic carbocycles. The molecule has 0 aromatic carbocycles. The molecule has 0 aliphatic heterocycles. The summed E-state index contributed by atoms with van der Waals surface area (Å²) >= 11 is 0. The number of carboxylic acids is 1. The number of phosphoric acid groups is 1. The summed E-state index contributed by atoms with van der Waals surface area (Å²) in [6.45, 7) is 4.33. The number of nitrogens with zero attached hydrogens (tertiary/aromatic N) is 1. The van der Waals surface area contributed by atoms with Gasteiger partial charge in [-0.25, -0.2) is 0 Å². The molecule has 0 saturated heterocycles. The molecular formula is C26H54NO6P. The van der Waals surface area contributed by atoms with E-state index in [0.717, 1.165) is 25.7 Å². The molecule has 0 saturated carbocycles. The van der Waals surface area contributed by atoms with E-state index >= 15 is 0 Å². The van der Waals surface area contributed by atoms with Crippen molar-refractivity contribution in [2.24, 2.45) is 5.92 Å². The molecule has 3 atom stereocenters. The summed E-state index contributed by atoms with van der Waals surface area (Å²) in [5.74, 6) is -1.68. The molecule has 7 nitrogen and oxygen atoms in total. The van der Waals surface area contributed by atoms with Gasteiger partial charge in [-0.1, -0.05) is 104 Å². The zero-order chi connectivity index (χ0) is 26.1. The third kappa shape index (κ3) is 18.8. The van der Waals surface area contributed by atoms with Crippen LogP contribution in [0.1, 0.15) is 123 Å². The molecule has 0 rings (SSSR count). The Labute approximate surface area is 209 Å². The van der Waals surface area contributed by atoms with Crippen molar-refractivity contribution in [2.75, 3.05) is 27.7 Å². The van der Waals surface area contributed by atoms with E-state index in [4.69, 9.17) is 4.52 Å². The highest BCUT2D eigenvalue weighted by Gasteiger charge is 2.42. The maximum absolute atomic E-state index is 11.7. The number of unbranched alkanes of at least 4 members (excludes halogenated alkanes) is 13. The normalized spacial score (nSPS) is 16.7. The second-order valence-electron chi connectivity index (χ2n) is 11.2. The summed E-state index contributed by atoms with van der Waals surface area (Å²) in [7, 11) is 0.733. The van der Waals surface area contributed by atoms with Gasteiger partial charge in [0.25, 0.3) is 7.82 Å². The van der Waals surface area contributed by atoms with Crippen molar-refractivity contribution >= 4 is 13.8 Å². The first kappa shape index (κ1) is 33.5. The predicted molar refractivity (Wildman–Crippen MR) is 138 cm³/mol. The third-order valence-electron chi connectivity index (χ3n) is 6.52. The highest BCUT2D eigenvalue weighted by Crippen LogP contribution is 2.44. The Morgan fingerprint density at radius 3 is 1.62 bits per heavy atom. The second kappa shape index (κ2) is 17.9. The largest absolute Gasteiger partial charge is 0.756 e. The van der Waals surface area contributed by atoms with Crippen LogP contribution in [0.25, 0.3) is 0 Å². The maximum Gasteiger partial charge on any atom is 0.306 e. The first-order chi connectivity index (χ1) is 15.8. The molecule has 0 amide bonds. The number of aliphatic carboxylic acids is 1. The third-order valence-corrected chi connectivity index (χ3v) is 7.14. The van der Waals surface area contributed by atoms with E-state index in [2.05, 4.69) is 6.92 Å². The minimum atomic E-state index is -5.01. The lowest BCUT2D eigenvalue weighted by molar-refractivity contribution is -0.877. The molecule has 34 heavy (non-hydrogen) atoms. The smallest absolute Gasteiger partial charge is 0.306 e. The van der Waals surface area contributed by atoms with Crippen molar-refractivity contribution in [3.8, 4) is 0 Å². The average Bonchev–Trinajstić information content (AvgIpc) is 2.69. The van der Waals surface area contributed by atoms with Crippen LogP contribution in [0.15, 0.2) is 0 Å². The van der Waals surface area contributed by atoms with E-state index in [9.17, 15) is 24.3 Å². The van der Waals surface area contributed by atoms with Gasteiger partial charge in [0.15, 0.2) is 0 Å². The van der Waals surface area contributed by atoms with Crippen molar-refractivity contribution in [1.29, 1.82) is 0 Å². The van der Waals surface area contributed by atoms with Gasteiger partial charge in [-0.15, -0.1) is 0 Å². The van der Waals surface area contributed by atoms with Gasteiger partial charge in [-0.3, -0.25) is 9.36 Å². The molecule has 0 spiro atoms. The fourth-order valence-electron chi connectivity index (χ4n) is 4.96. The summed E-state index contributed by atoms with van der Waals surface area (Å²) in [5.41, 5.74) is -1.22. The SMILES string of the molecule is CCCCCCCCCCCCCCCC[C@](CC(CC)C(=O)O)(C[N+](C)(C)C)OP(=O)([O-])O. The quantitative estimate of drug-likeness (QED) is 0.0957. The van der Waals surface area contributed by atoms with Crippen LogP contribution in [0, 0.1) is 5.92 Å². The number of hydrogen-bond donors (Lipinski definition) is 2. The van der Waals surface area contributed by atoms with Crippen LogP contribution in [-0.4, -0.2) is 53.7 Å². The lowest BCUT2D eigenvalue weighted by atomic mass is 9.84. The summed E-state index contributed by atoms with van der Waals surface area (Å²) < 4.78 is 17.4. The number of quaternary nitrogens is 1. The number of likely N-dealkylation sites (N-methyl/N-ethyl adjacent to an activating group) is 1. The molecule has 0 fully saturated rings. The lowest BCUT2D eigenvalue weighted by Crippen LogP contribution is -2.52. The van der Waals surface area contributed by atoms with Crippen molar-refractivity contribution in [1.82, 2.24) is 0 Å². The number of hydrogen-bond acceptors (Lipinski definition) is 4. The van der Waals surface area contributed by atoms with Gasteiger partial charge < -0.3 is 23.9 Å².